The van der Waals surface area contributed by atoms with Gasteiger partial charge in [-0.25, -0.2) is 4.39 Å². The van der Waals surface area contributed by atoms with E-state index in [0.29, 0.717) is 10.6 Å². The number of nitrogens with zero attached hydrogens (tertiary/aromatic N) is 1. The monoisotopic (exact) mass is 250 g/mol. The summed E-state index contributed by atoms with van der Waals surface area (Å²) >= 11 is 5.71. The van der Waals surface area contributed by atoms with Crippen molar-refractivity contribution in [3.8, 4) is 0 Å². The molecule has 4 heteroatoms. The van der Waals surface area contributed by atoms with Gasteiger partial charge in [0.1, 0.15) is 5.82 Å². The van der Waals surface area contributed by atoms with Gasteiger partial charge < -0.3 is 5.73 Å². The Balaban J connectivity index is 2.44. The summed E-state index contributed by atoms with van der Waals surface area (Å²) in [5, 5.41) is 0.362. The molecule has 2 nitrogen and oxygen atoms in total. The van der Waals surface area contributed by atoms with Crippen molar-refractivity contribution in [3.63, 3.8) is 0 Å². The van der Waals surface area contributed by atoms with Gasteiger partial charge in [-0.3, -0.25) is 4.98 Å². The van der Waals surface area contributed by atoms with Gasteiger partial charge in [0.15, 0.2) is 0 Å². The SMILES string of the molecule is Cc1ccncc1C(N)c1ccc(Cl)cc1F. The molecular weight excluding hydrogens is 239 g/mol. The van der Waals surface area contributed by atoms with Crippen molar-refractivity contribution in [2.75, 3.05) is 0 Å². The van der Waals surface area contributed by atoms with Crippen LogP contribution in [0.2, 0.25) is 5.02 Å². The van der Waals surface area contributed by atoms with Crippen LogP contribution in [0.15, 0.2) is 36.7 Å². The third-order valence-electron chi connectivity index (χ3n) is 2.71. The summed E-state index contributed by atoms with van der Waals surface area (Å²) in [6.45, 7) is 1.92. The summed E-state index contributed by atoms with van der Waals surface area (Å²) in [6.07, 6.45) is 3.35. The molecule has 0 amide bonds. The molecule has 0 fully saturated rings. The molecule has 0 radical (unpaired) electrons. The van der Waals surface area contributed by atoms with Crippen LogP contribution >= 0.6 is 11.6 Å². The highest BCUT2D eigenvalue weighted by atomic mass is 35.5. The van der Waals surface area contributed by atoms with Crippen molar-refractivity contribution in [1.82, 2.24) is 4.98 Å². The van der Waals surface area contributed by atoms with Crippen LogP contribution < -0.4 is 5.73 Å². The lowest BCUT2D eigenvalue weighted by atomic mass is 9.97. The molecule has 2 N–H and O–H groups in total. The highest BCUT2D eigenvalue weighted by Crippen LogP contribution is 2.25. The molecule has 1 aromatic carbocycles. The fourth-order valence-electron chi connectivity index (χ4n) is 1.72. The molecule has 0 aliphatic carbocycles. The Labute approximate surface area is 104 Å². The lowest BCUT2D eigenvalue weighted by molar-refractivity contribution is 0.599. The van der Waals surface area contributed by atoms with Crippen LogP contribution in [0.5, 0.6) is 0 Å². The summed E-state index contributed by atoms with van der Waals surface area (Å²) in [5.74, 6) is -0.395. The van der Waals surface area contributed by atoms with Crippen LogP contribution in [0.25, 0.3) is 0 Å². The molecular formula is C13H12ClFN2. The molecule has 0 aliphatic heterocycles. The smallest absolute Gasteiger partial charge is 0.129 e. The topological polar surface area (TPSA) is 38.9 Å². The summed E-state index contributed by atoms with van der Waals surface area (Å²) in [6, 6.07) is 5.83. The molecule has 0 aliphatic rings. The van der Waals surface area contributed by atoms with E-state index >= 15 is 0 Å². The maximum atomic E-state index is 13.7. The minimum absolute atomic E-state index is 0.362. The van der Waals surface area contributed by atoms with E-state index in [4.69, 9.17) is 17.3 Å². The number of pyridine rings is 1. The van der Waals surface area contributed by atoms with E-state index in [2.05, 4.69) is 4.98 Å². The minimum Gasteiger partial charge on any atom is -0.320 e. The van der Waals surface area contributed by atoms with Gasteiger partial charge >= 0.3 is 0 Å². The van der Waals surface area contributed by atoms with E-state index in [-0.39, 0.29) is 0 Å². The average molecular weight is 251 g/mol. The fraction of sp³-hybridized carbons (Fsp3) is 0.154. The molecule has 2 rings (SSSR count). The van der Waals surface area contributed by atoms with E-state index < -0.39 is 11.9 Å². The van der Waals surface area contributed by atoms with Crippen LogP contribution in [0, 0.1) is 12.7 Å². The second kappa shape index (κ2) is 4.82. The molecule has 0 saturated carbocycles. The first-order valence-electron chi connectivity index (χ1n) is 5.20. The summed E-state index contributed by atoms with van der Waals surface area (Å²) in [4.78, 5) is 4.01. The van der Waals surface area contributed by atoms with Gasteiger partial charge in [0.2, 0.25) is 0 Å². The molecule has 0 spiro atoms. The molecule has 1 unspecified atom stereocenters. The predicted molar refractivity (Wildman–Crippen MR) is 66.4 cm³/mol. The van der Waals surface area contributed by atoms with Crippen LogP contribution in [-0.2, 0) is 0 Å². The molecule has 88 valence electrons. The third-order valence-corrected chi connectivity index (χ3v) is 2.95. The largest absolute Gasteiger partial charge is 0.320 e. The Hall–Kier alpha value is -1.45. The number of benzene rings is 1. The minimum atomic E-state index is -0.527. The molecule has 1 heterocycles. The zero-order valence-electron chi connectivity index (χ0n) is 9.32. The van der Waals surface area contributed by atoms with Crippen molar-refractivity contribution in [3.05, 3.63) is 64.2 Å². The molecule has 1 atom stereocenters. The van der Waals surface area contributed by atoms with Gasteiger partial charge in [0, 0.05) is 23.0 Å². The quantitative estimate of drug-likeness (QED) is 0.889. The van der Waals surface area contributed by atoms with Crippen LogP contribution in [0.4, 0.5) is 4.39 Å². The normalized spacial score (nSPS) is 12.5. The van der Waals surface area contributed by atoms with Crippen LogP contribution in [-0.4, -0.2) is 4.98 Å². The van der Waals surface area contributed by atoms with Crippen LogP contribution in [0.1, 0.15) is 22.7 Å². The zero-order valence-corrected chi connectivity index (χ0v) is 10.1. The summed E-state index contributed by atoms with van der Waals surface area (Å²) < 4.78 is 13.7. The Bertz CT molecular complexity index is 543. The number of rotatable bonds is 2. The van der Waals surface area contributed by atoms with Gasteiger partial charge in [0.05, 0.1) is 6.04 Å². The van der Waals surface area contributed by atoms with E-state index in [1.54, 1.807) is 24.5 Å². The van der Waals surface area contributed by atoms with Crippen molar-refractivity contribution < 1.29 is 4.39 Å². The number of aryl methyl sites for hydroxylation is 1. The Morgan fingerprint density at radius 1 is 1.29 bits per heavy atom. The Kier molecular flexibility index (Phi) is 3.41. The van der Waals surface area contributed by atoms with Gasteiger partial charge in [-0.15, -0.1) is 0 Å². The van der Waals surface area contributed by atoms with Crippen molar-refractivity contribution in [2.24, 2.45) is 5.73 Å². The van der Waals surface area contributed by atoms with E-state index in [1.807, 2.05) is 13.0 Å². The number of hydrogen-bond donors (Lipinski definition) is 1. The Morgan fingerprint density at radius 2 is 2.06 bits per heavy atom. The zero-order chi connectivity index (χ0) is 12.4. The second-order valence-electron chi connectivity index (χ2n) is 3.88. The van der Waals surface area contributed by atoms with Crippen molar-refractivity contribution in [1.29, 1.82) is 0 Å². The fourth-order valence-corrected chi connectivity index (χ4v) is 1.88. The van der Waals surface area contributed by atoms with E-state index in [1.165, 1.54) is 6.07 Å². The molecule has 0 bridgehead atoms. The third kappa shape index (κ3) is 2.46. The van der Waals surface area contributed by atoms with Gasteiger partial charge in [-0.2, -0.15) is 0 Å². The first-order chi connectivity index (χ1) is 8.09. The summed E-state index contributed by atoms with van der Waals surface area (Å²) in [5.41, 5.74) is 8.27. The molecule has 0 saturated heterocycles. The first kappa shape index (κ1) is 12.0. The first-order valence-corrected chi connectivity index (χ1v) is 5.58. The standard InChI is InChI=1S/C13H12ClFN2/c1-8-4-5-17-7-11(8)13(16)10-3-2-9(14)6-12(10)15/h2-7,13H,16H2,1H3. The Morgan fingerprint density at radius 3 is 2.71 bits per heavy atom. The lowest BCUT2D eigenvalue weighted by Gasteiger charge is -2.15. The van der Waals surface area contributed by atoms with Crippen LogP contribution in [0.3, 0.4) is 0 Å². The predicted octanol–water partition coefficient (Wildman–Crippen LogP) is 3.23. The molecule has 1 aromatic heterocycles. The van der Waals surface area contributed by atoms with Gasteiger partial charge in [-0.05, 0) is 36.2 Å². The lowest BCUT2D eigenvalue weighted by Crippen LogP contribution is -2.15. The van der Waals surface area contributed by atoms with Crippen molar-refractivity contribution >= 4 is 11.6 Å². The number of halogens is 2. The molecule has 2 aromatic rings. The van der Waals surface area contributed by atoms with E-state index in [9.17, 15) is 4.39 Å². The van der Waals surface area contributed by atoms with Gasteiger partial charge in [0.25, 0.3) is 0 Å². The maximum absolute atomic E-state index is 13.7. The number of hydrogen-bond acceptors (Lipinski definition) is 2. The van der Waals surface area contributed by atoms with E-state index in [0.717, 1.165) is 11.1 Å². The highest BCUT2D eigenvalue weighted by molar-refractivity contribution is 6.30. The maximum Gasteiger partial charge on any atom is 0.129 e. The van der Waals surface area contributed by atoms with Crippen molar-refractivity contribution in [2.45, 2.75) is 13.0 Å². The second-order valence-corrected chi connectivity index (χ2v) is 4.31. The molecule has 17 heavy (non-hydrogen) atoms. The number of nitrogens with two attached hydrogens (primary N) is 1. The highest BCUT2D eigenvalue weighted by Gasteiger charge is 2.15. The van der Waals surface area contributed by atoms with Gasteiger partial charge in [-0.1, -0.05) is 17.7 Å². The number of aromatic nitrogens is 1. The summed E-state index contributed by atoms with van der Waals surface area (Å²) in [7, 11) is 0. The average Bonchev–Trinajstić information content (AvgIpc) is 2.29.